The van der Waals surface area contributed by atoms with Crippen LogP contribution in [0, 0.1) is 0 Å². The number of carboxylic acids is 1. The van der Waals surface area contributed by atoms with Gasteiger partial charge in [0.15, 0.2) is 0 Å². The van der Waals surface area contributed by atoms with Gasteiger partial charge in [-0.25, -0.2) is 0 Å². The normalized spacial score (nSPS) is 11.6. The molecule has 0 aliphatic heterocycles. The SMILES string of the molecule is COCCNc1cc(C(=O)Nc2ccccc2CC(=O)O)cc(-c2cccc(C(N)CO)c2)c1. The van der Waals surface area contributed by atoms with Crippen molar-refractivity contribution in [2.45, 2.75) is 12.5 Å². The number of aliphatic carboxylic acids is 1. The van der Waals surface area contributed by atoms with E-state index in [0.29, 0.717) is 30.0 Å². The fourth-order valence-electron chi connectivity index (χ4n) is 3.53. The molecular formula is C26H29N3O5. The number of carboxylic acid groups (broad SMARTS) is 1. The zero-order valence-electron chi connectivity index (χ0n) is 19.0. The molecule has 0 aliphatic rings. The van der Waals surface area contributed by atoms with Gasteiger partial charge in [0.25, 0.3) is 5.91 Å². The van der Waals surface area contributed by atoms with E-state index in [0.717, 1.165) is 22.4 Å². The first kappa shape index (κ1) is 24.9. The van der Waals surface area contributed by atoms with Crippen LogP contribution in [0.5, 0.6) is 0 Å². The van der Waals surface area contributed by atoms with Gasteiger partial charge in [-0.1, -0.05) is 36.4 Å². The number of rotatable bonds is 11. The fraction of sp³-hybridized carbons (Fsp3) is 0.231. The second-order valence-corrected chi connectivity index (χ2v) is 7.81. The lowest BCUT2D eigenvalue weighted by Crippen LogP contribution is -2.15. The van der Waals surface area contributed by atoms with Crippen molar-refractivity contribution in [1.82, 2.24) is 0 Å². The maximum atomic E-state index is 13.2. The Labute approximate surface area is 198 Å². The summed E-state index contributed by atoms with van der Waals surface area (Å²) in [4.78, 5) is 24.4. The fourth-order valence-corrected chi connectivity index (χ4v) is 3.53. The summed E-state index contributed by atoms with van der Waals surface area (Å²) in [6.07, 6.45) is -0.196. The number of hydrogen-bond donors (Lipinski definition) is 5. The van der Waals surface area contributed by atoms with E-state index in [4.69, 9.17) is 15.6 Å². The van der Waals surface area contributed by atoms with Gasteiger partial charge in [-0.05, 0) is 52.6 Å². The summed E-state index contributed by atoms with van der Waals surface area (Å²) < 4.78 is 5.11. The number of methoxy groups -OCH3 is 1. The highest BCUT2D eigenvalue weighted by molar-refractivity contribution is 6.06. The number of nitrogens with one attached hydrogen (secondary N) is 2. The van der Waals surface area contributed by atoms with Crippen molar-refractivity contribution < 1.29 is 24.5 Å². The summed E-state index contributed by atoms with van der Waals surface area (Å²) in [7, 11) is 1.61. The van der Waals surface area contributed by atoms with E-state index in [1.165, 1.54) is 0 Å². The summed E-state index contributed by atoms with van der Waals surface area (Å²) >= 11 is 0. The molecule has 0 saturated carbocycles. The molecule has 3 aromatic rings. The Balaban J connectivity index is 1.96. The van der Waals surface area contributed by atoms with E-state index in [9.17, 15) is 14.7 Å². The first-order chi connectivity index (χ1) is 16.4. The third-order valence-electron chi connectivity index (χ3n) is 5.28. The number of aliphatic hydroxyl groups is 1. The molecular weight excluding hydrogens is 434 g/mol. The number of carbonyl (C=O) groups is 2. The van der Waals surface area contributed by atoms with E-state index >= 15 is 0 Å². The largest absolute Gasteiger partial charge is 0.481 e. The van der Waals surface area contributed by atoms with E-state index in [1.807, 2.05) is 30.3 Å². The Hall–Kier alpha value is -3.72. The summed E-state index contributed by atoms with van der Waals surface area (Å²) in [6, 6.07) is 19.2. The number of carbonyl (C=O) groups excluding carboxylic acids is 1. The number of nitrogens with two attached hydrogens (primary N) is 1. The smallest absolute Gasteiger partial charge is 0.307 e. The minimum atomic E-state index is -0.978. The highest BCUT2D eigenvalue weighted by Crippen LogP contribution is 2.28. The van der Waals surface area contributed by atoms with E-state index in [2.05, 4.69) is 10.6 Å². The number of amides is 1. The van der Waals surface area contributed by atoms with Crippen molar-refractivity contribution >= 4 is 23.3 Å². The molecule has 1 unspecified atom stereocenters. The molecule has 0 saturated heterocycles. The van der Waals surface area contributed by atoms with Crippen LogP contribution in [-0.4, -0.2) is 49.0 Å². The third-order valence-corrected chi connectivity index (χ3v) is 5.28. The van der Waals surface area contributed by atoms with E-state index < -0.39 is 12.0 Å². The van der Waals surface area contributed by atoms with Crippen LogP contribution in [0.4, 0.5) is 11.4 Å². The van der Waals surface area contributed by atoms with Gasteiger partial charge in [-0.15, -0.1) is 0 Å². The van der Waals surface area contributed by atoms with Gasteiger partial charge in [-0.3, -0.25) is 9.59 Å². The molecule has 0 fully saturated rings. The molecule has 0 radical (unpaired) electrons. The number of anilines is 2. The van der Waals surface area contributed by atoms with Crippen LogP contribution in [0.25, 0.3) is 11.1 Å². The van der Waals surface area contributed by atoms with Crippen LogP contribution in [0.15, 0.2) is 66.7 Å². The lowest BCUT2D eigenvalue weighted by Gasteiger charge is -2.15. The molecule has 6 N–H and O–H groups in total. The molecule has 0 aliphatic carbocycles. The van der Waals surface area contributed by atoms with Crippen LogP contribution in [0.3, 0.4) is 0 Å². The highest BCUT2D eigenvalue weighted by atomic mass is 16.5. The zero-order chi connectivity index (χ0) is 24.5. The lowest BCUT2D eigenvalue weighted by molar-refractivity contribution is -0.136. The van der Waals surface area contributed by atoms with Gasteiger partial charge in [0.2, 0.25) is 0 Å². The van der Waals surface area contributed by atoms with Gasteiger partial charge in [0.05, 0.1) is 25.7 Å². The molecule has 0 aromatic heterocycles. The molecule has 8 nitrogen and oxygen atoms in total. The minimum absolute atomic E-state index is 0.175. The van der Waals surface area contributed by atoms with Crippen LogP contribution in [0.1, 0.15) is 27.5 Å². The Morgan fingerprint density at radius 3 is 2.56 bits per heavy atom. The average Bonchev–Trinajstić information content (AvgIpc) is 2.84. The average molecular weight is 464 g/mol. The molecule has 3 aromatic carbocycles. The molecule has 0 spiro atoms. The van der Waals surface area contributed by atoms with Crippen molar-refractivity contribution in [3.8, 4) is 11.1 Å². The molecule has 34 heavy (non-hydrogen) atoms. The number of benzene rings is 3. The standard InChI is InChI=1S/C26H29N3O5/c1-34-10-9-28-22-13-20(17-6-4-7-18(11-17)23(27)16-30)12-21(14-22)26(33)29-24-8-3-2-5-19(24)15-25(31)32/h2-8,11-14,23,28,30H,9-10,15-16,27H2,1H3,(H,29,33)(H,31,32). The van der Waals surface area contributed by atoms with Crippen LogP contribution in [-0.2, 0) is 16.0 Å². The van der Waals surface area contributed by atoms with Gasteiger partial charge < -0.3 is 31.3 Å². The van der Waals surface area contributed by atoms with Gasteiger partial charge in [0, 0.05) is 30.6 Å². The van der Waals surface area contributed by atoms with Crippen molar-refractivity contribution in [3.63, 3.8) is 0 Å². The van der Waals surface area contributed by atoms with Crippen LogP contribution in [0.2, 0.25) is 0 Å². The summed E-state index contributed by atoms with van der Waals surface area (Å²) in [5.41, 5.74) is 10.5. The topological polar surface area (TPSA) is 134 Å². The summed E-state index contributed by atoms with van der Waals surface area (Å²) in [6.45, 7) is 0.874. The van der Waals surface area contributed by atoms with Crippen LogP contribution >= 0.6 is 0 Å². The zero-order valence-corrected chi connectivity index (χ0v) is 19.0. The summed E-state index contributed by atoms with van der Waals surface area (Å²) in [5, 5.41) is 24.7. The number of ether oxygens (including phenoxy) is 1. The Morgan fingerprint density at radius 1 is 1.03 bits per heavy atom. The number of hydrogen-bond acceptors (Lipinski definition) is 6. The van der Waals surface area contributed by atoms with Crippen molar-refractivity contribution in [2.75, 3.05) is 37.5 Å². The van der Waals surface area contributed by atoms with Crippen molar-refractivity contribution in [1.29, 1.82) is 0 Å². The Kier molecular flexibility index (Phi) is 8.75. The maximum Gasteiger partial charge on any atom is 0.307 e. The summed E-state index contributed by atoms with van der Waals surface area (Å²) in [5.74, 6) is -1.34. The molecule has 1 amide bonds. The minimum Gasteiger partial charge on any atom is -0.481 e. The van der Waals surface area contributed by atoms with Crippen molar-refractivity contribution in [3.05, 3.63) is 83.4 Å². The second-order valence-electron chi connectivity index (χ2n) is 7.81. The molecule has 178 valence electrons. The Morgan fingerprint density at radius 2 is 1.82 bits per heavy atom. The molecule has 8 heteroatoms. The molecule has 1 atom stereocenters. The highest BCUT2D eigenvalue weighted by Gasteiger charge is 2.14. The van der Waals surface area contributed by atoms with Crippen LogP contribution < -0.4 is 16.4 Å². The van der Waals surface area contributed by atoms with Gasteiger partial charge in [0.1, 0.15) is 0 Å². The molecule has 3 rings (SSSR count). The first-order valence-electron chi connectivity index (χ1n) is 10.9. The van der Waals surface area contributed by atoms with Gasteiger partial charge in [-0.2, -0.15) is 0 Å². The Bertz CT molecular complexity index is 1150. The maximum absolute atomic E-state index is 13.2. The molecule has 0 bridgehead atoms. The first-order valence-corrected chi connectivity index (χ1v) is 10.9. The monoisotopic (exact) mass is 463 g/mol. The number of para-hydroxylation sites is 1. The van der Waals surface area contributed by atoms with E-state index in [-0.39, 0.29) is 18.9 Å². The predicted molar refractivity (Wildman–Crippen MR) is 132 cm³/mol. The van der Waals surface area contributed by atoms with E-state index in [1.54, 1.807) is 43.5 Å². The predicted octanol–water partition coefficient (Wildman–Crippen LogP) is 3.28. The van der Waals surface area contributed by atoms with Gasteiger partial charge >= 0.3 is 5.97 Å². The number of aliphatic hydroxyl groups excluding tert-OH is 1. The molecule has 0 heterocycles. The lowest BCUT2D eigenvalue weighted by atomic mass is 9.97. The second kappa shape index (κ2) is 11.9. The third kappa shape index (κ3) is 6.64. The quantitative estimate of drug-likeness (QED) is 0.276. The van der Waals surface area contributed by atoms with Crippen molar-refractivity contribution in [2.24, 2.45) is 5.73 Å².